The third-order valence-corrected chi connectivity index (χ3v) is 2.98. The summed E-state index contributed by atoms with van der Waals surface area (Å²) in [5.41, 5.74) is 6.31. The Labute approximate surface area is 114 Å². The highest BCUT2D eigenvalue weighted by molar-refractivity contribution is 6.01. The Morgan fingerprint density at radius 1 is 1.47 bits per heavy atom. The van der Waals surface area contributed by atoms with Crippen molar-refractivity contribution in [1.29, 1.82) is 0 Å². The zero-order chi connectivity index (χ0) is 14.3. The first-order valence-electron chi connectivity index (χ1n) is 6.68. The number of oxime groups is 1. The fourth-order valence-electron chi connectivity index (χ4n) is 1.93. The molecule has 0 fully saturated rings. The molecule has 0 amide bonds. The largest absolute Gasteiger partial charge is 0.409 e. The Kier molecular flexibility index (Phi) is 6.05. The van der Waals surface area contributed by atoms with Gasteiger partial charge in [-0.15, -0.1) is 5.10 Å². The van der Waals surface area contributed by atoms with Gasteiger partial charge in [-0.25, -0.2) is 0 Å². The van der Waals surface area contributed by atoms with Crippen LogP contribution in [0, 0.1) is 0 Å². The minimum atomic E-state index is 0.0611. The van der Waals surface area contributed by atoms with Gasteiger partial charge in [0, 0.05) is 12.6 Å². The van der Waals surface area contributed by atoms with Crippen LogP contribution in [-0.2, 0) is 0 Å². The van der Waals surface area contributed by atoms with Crippen molar-refractivity contribution >= 4 is 11.7 Å². The van der Waals surface area contributed by atoms with E-state index in [1.807, 2.05) is 0 Å². The normalized spacial score (nSPS) is 11.9. The number of unbranched alkanes of at least 4 members (excludes halogenated alkanes) is 2. The highest BCUT2D eigenvalue weighted by Gasteiger charge is 2.18. The molecule has 0 atom stereocenters. The van der Waals surface area contributed by atoms with E-state index in [-0.39, 0.29) is 11.9 Å². The molecule has 1 aromatic heterocycles. The molecule has 6 heteroatoms. The van der Waals surface area contributed by atoms with Crippen molar-refractivity contribution in [2.24, 2.45) is 10.9 Å². The van der Waals surface area contributed by atoms with Gasteiger partial charge in [-0.05, 0) is 26.3 Å². The Hall–Kier alpha value is -1.85. The Balaban J connectivity index is 3.02. The zero-order valence-corrected chi connectivity index (χ0v) is 11.9. The molecule has 0 saturated heterocycles. The van der Waals surface area contributed by atoms with Crippen molar-refractivity contribution < 1.29 is 5.21 Å². The van der Waals surface area contributed by atoms with Crippen LogP contribution in [0.4, 0.5) is 5.82 Å². The topological polar surface area (TPSA) is 87.6 Å². The summed E-state index contributed by atoms with van der Waals surface area (Å²) >= 11 is 0. The van der Waals surface area contributed by atoms with E-state index in [0.717, 1.165) is 13.0 Å². The SMILES string of the molecule is CCCCCN(c1nnccc1/C(N)=N/O)C(C)C. The molecule has 0 radical (unpaired) electrons. The predicted molar refractivity (Wildman–Crippen MR) is 76.5 cm³/mol. The van der Waals surface area contributed by atoms with Crippen LogP contribution in [0.15, 0.2) is 17.4 Å². The number of nitrogens with two attached hydrogens (primary N) is 1. The minimum absolute atomic E-state index is 0.0611. The second-order valence-electron chi connectivity index (χ2n) is 4.75. The molecule has 0 spiro atoms. The van der Waals surface area contributed by atoms with Gasteiger partial charge < -0.3 is 15.8 Å². The third-order valence-electron chi connectivity index (χ3n) is 2.98. The van der Waals surface area contributed by atoms with E-state index in [2.05, 4.69) is 41.0 Å². The fourth-order valence-corrected chi connectivity index (χ4v) is 1.93. The lowest BCUT2D eigenvalue weighted by Gasteiger charge is -2.28. The molecule has 0 saturated carbocycles. The lowest BCUT2D eigenvalue weighted by atomic mass is 10.2. The molecule has 0 bridgehead atoms. The molecule has 19 heavy (non-hydrogen) atoms. The van der Waals surface area contributed by atoms with Gasteiger partial charge in [0.2, 0.25) is 0 Å². The molecule has 0 aliphatic carbocycles. The summed E-state index contributed by atoms with van der Waals surface area (Å²) in [7, 11) is 0. The lowest BCUT2D eigenvalue weighted by molar-refractivity contribution is 0.318. The minimum Gasteiger partial charge on any atom is -0.409 e. The zero-order valence-electron chi connectivity index (χ0n) is 11.9. The molecule has 1 rings (SSSR count). The number of aromatic nitrogens is 2. The molecule has 0 aliphatic rings. The number of nitrogens with zero attached hydrogens (tertiary/aromatic N) is 4. The van der Waals surface area contributed by atoms with Gasteiger partial charge in [-0.1, -0.05) is 24.9 Å². The maximum Gasteiger partial charge on any atom is 0.173 e. The molecule has 3 N–H and O–H groups in total. The first kappa shape index (κ1) is 15.2. The van der Waals surface area contributed by atoms with Gasteiger partial charge in [0.25, 0.3) is 0 Å². The van der Waals surface area contributed by atoms with Gasteiger partial charge in [-0.3, -0.25) is 0 Å². The van der Waals surface area contributed by atoms with Crippen molar-refractivity contribution in [3.8, 4) is 0 Å². The lowest BCUT2D eigenvalue weighted by Crippen LogP contribution is -2.35. The molecule has 1 heterocycles. The summed E-state index contributed by atoms with van der Waals surface area (Å²) < 4.78 is 0. The third kappa shape index (κ3) is 4.08. The fraction of sp³-hybridized carbons (Fsp3) is 0.615. The molecule has 6 nitrogen and oxygen atoms in total. The smallest absolute Gasteiger partial charge is 0.173 e. The van der Waals surface area contributed by atoms with E-state index in [0.29, 0.717) is 11.4 Å². The van der Waals surface area contributed by atoms with Gasteiger partial charge in [0.05, 0.1) is 11.8 Å². The average molecular weight is 265 g/mol. The van der Waals surface area contributed by atoms with E-state index < -0.39 is 0 Å². The predicted octanol–water partition coefficient (Wildman–Crippen LogP) is 1.98. The van der Waals surface area contributed by atoms with Gasteiger partial charge in [0.1, 0.15) is 0 Å². The van der Waals surface area contributed by atoms with Crippen LogP contribution in [0.25, 0.3) is 0 Å². The highest BCUT2D eigenvalue weighted by atomic mass is 16.4. The standard InChI is InChI=1S/C13H23N5O/c1-4-5-6-9-18(10(2)3)13-11(12(14)17-19)7-8-15-16-13/h7-8,10,19H,4-6,9H2,1-3H3,(H2,14,17). The highest BCUT2D eigenvalue weighted by Crippen LogP contribution is 2.19. The Morgan fingerprint density at radius 3 is 2.79 bits per heavy atom. The first-order chi connectivity index (χ1) is 9.11. The summed E-state index contributed by atoms with van der Waals surface area (Å²) in [6, 6.07) is 1.99. The van der Waals surface area contributed by atoms with Crippen LogP contribution in [0.1, 0.15) is 45.6 Å². The Bertz CT molecular complexity index is 419. The summed E-state index contributed by atoms with van der Waals surface area (Å²) in [5, 5.41) is 20.0. The van der Waals surface area contributed by atoms with Crippen LogP contribution in [0.5, 0.6) is 0 Å². The van der Waals surface area contributed by atoms with E-state index >= 15 is 0 Å². The van der Waals surface area contributed by atoms with Crippen molar-refractivity contribution in [3.63, 3.8) is 0 Å². The second kappa shape index (κ2) is 7.56. The van der Waals surface area contributed by atoms with Gasteiger partial charge >= 0.3 is 0 Å². The molecule has 0 unspecified atom stereocenters. The molecule has 0 aliphatic heterocycles. The van der Waals surface area contributed by atoms with Crippen LogP contribution < -0.4 is 10.6 Å². The van der Waals surface area contributed by atoms with Crippen molar-refractivity contribution in [1.82, 2.24) is 10.2 Å². The number of anilines is 1. The van der Waals surface area contributed by atoms with Crippen LogP contribution >= 0.6 is 0 Å². The number of hydrogen-bond donors (Lipinski definition) is 2. The van der Waals surface area contributed by atoms with Gasteiger partial charge in [-0.2, -0.15) is 5.10 Å². The average Bonchev–Trinajstić information content (AvgIpc) is 2.42. The molecular weight excluding hydrogens is 242 g/mol. The molecule has 106 valence electrons. The monoisotopic (exact) mass is 265 g/mol. The van der Waals surface area contributed by atoms with Crippen LogP contribution in [-0.4, -0.2) is 33.8 Å². The molecule has 1 aromatic rings. The number of hydrogen-bond acceptors (Lipinski definition) is 5. The summed E-state index contributed by atoms with van der Waals surface area (Å²) in [4.78, 5) is 2.13. The number of amidine groups is 1. The van der Waals surface area contributed by atoms with Gasteiger partial charge in [0.15, 0.2) is 11.7 Å². The van der Waals surface area contributed by atoms with Crippen molar-refractivity contribution in [2.75, 3.05) is 11.4 Å². The maximum absolute atomic E-state index is 8.84. The Morgan fingerprint density at radius 2 is 2.21 bits per heavy atom. The van der Waals surface area contributed by atoms with E-state index in [4.69, 9.17) is 10.9 Å². The molecular formula is C13H23N5O. The quantitative estimate of drug-likeness (QED) is 0.259. The van der Waals surface area contributed by atoms with E-state index in [1.54, 1.807) is 12.3 Å². The number of rotatable bonds is 7. The van der Waals surface area contributed by atoms with Crippen LogP contribution in [0.2, 0.25) is 0 Å². The summed E-state index contributed by atoms with van der Waals surface area (Å²) in [5.74, 6) is 0.731. The van der Waals surface area contributed by atoms with Crippen molar-refractivity contribution in [3.05, 3.63) is 17.8 Å². The first-order valence-corrected chi connectivity index (χ1v) is 6.68. The van der Waals surface area contributed by atoms with Crippen molar-refractivity contribution in [2.45, 2.75) is 46.1 Å². The summed E-state index contributed by atoms with van der Waals surface area (Å²) in [6.45, 7) is 7.24. The van der Waals surface area contributed by atoms with E-state index in [9.17, 15) is 0 Å². The second-order valence-corrected chi connectivity index (χ2v) is 4.75. The van der Waals surface area contributed by atoms with E-state index in [1.165, 1.54) is 12.8 Å². The molecule has 0 aromatic carbocycles. The maximum atomic E-state index is 8.84. The van der Waals surface area contributed by atoms with Crippen LogP contribution in [0.3, 0.4) is 0 Å². The summed E-state index contributed by atoms with van der Waals surface area (Å²) in [6.07, 6.45) is 4.96.